The Kier molecular flexibility index (Phi) is 10.2. The smallest absolute Gasteiger partial charge is 0.262 e. The zero-order valence-corrected chi connectivity index (χ0v) is 22.8. The number of amides is 2. The van der Waals surface area contributed by atoms with Crippen LogP contribution in [0.15, 0.2) is 59.7 Å². The Morgan fingerprint density at radius 2 is 1.73 bits per heavy atom. The third-order valence-electron chi connectivity index (χ3n) is 5.51. The fraction of sp³-hybridized carbons (Fsp3) is 0.321. The van der Waals surface area contributed by atoms with Gasteiger partial charge in [0.15, 0.2) is 6.10 Å². The summed E-state index contributed by atoms with van der Waals surface area (Å²) in [4.78, 5) is 25.8. The summed E-state index contributed by atoms with van der Waals surface area (Å²) in [6, 6.07) is 15.6. The predicted molar refractivity (Wildman–Crippen MR) is 149 cm³/mol. The van der Waals surface area contributed by atoms with Gasteiger partial charge in [0, 0.05) is 10.6 Å². The molecule has 2 N–H and O–H groups in total. The van der Waals surface area contributed by atoms with Gasteiger partial charge in [-0.2, -0.15) is 5.10 Å². The minimum absolute atomic E-state index is 0.143. The van der Waals surface area contributed by atoms with Gasteiger partial charge in [0.25, 0.3) is 11.8 Å². The van der Waals surface area contributed by atoms with Crippen molar-refractivity contribution in [2.45, 2.75) is 46.3 Å². The average molecular weight is 544 g/mol. The van der Waals surface area contributed by atoms with E-state index < -0.39 is 24.0 Å². The van der Waals surface area contributed by atoms with E-state index in [-0.39, 0.29) is 10.9 Å². The molecule has 3 rings (SSSR count). The molecular formula is C28H31Cl2N3O4. The zero-order valence-electron chi connectivity index (χ0n) is 21.3. The number of nitrogens with one attached hydrogen (secondary N) is 2. The topological polar surface area (TPSA) is 89.0 Å². The monoisotopic (exact) mass is 543 g/mol. The standard InChI is InChI=1S/C28H31Cl2N3O4/c1-5-36-25-12-10-19-8-6-7-9-21(19)22(25)16-31-33-28(35)24(14-17(2)3)32-27(34)18(4)37-26-13-11-20(29)15-23(26)30/h6-13,15-18,24H,5,14H2,1-4H3,(H,32,34)(H,33,35)/b31-16-/t18-,24-/m1/s1. The highest BCUT2D eigenvalue weighted by Gasteiger charge is 2.25. The van der Waals surface area contributed by atoms with Crippen LogP contribution in [0, 0.1) is 5.92 Å². The van der Waals surface area contributed by atoms with Crippen LogP contribution in [0.1, 0.15) is 39.7 Å². The molecule has 0 bridgehead atoms. The molecule has 9 heteroatoms. The molecule has 37 heavy (non-hydrogen) atoms. The number of ether oxygens (including phenoxy) is 2. The first-order valence-corrected chi connectivity index (χ1v) is 12.8. The van der Waals surface area contributed by atoms with Crippen molar-refractivity contribution in [1.29, 1.82) is 0 Å². The normalized spacial score (nSPS) is 12.9. The first kappa shape index (κ1) is 28.3. The maximum Gasteiger partial charge on any atom is 0.262 e. The fourth-order valence-corrected chi connectivity index (χ4v) is 4.19. The second kappa shape index (κ2) is 13.3. The Morgan fingerprint density at radius 1 is 1.00 bits per heavy atom. The van der Waals surface area contributed by atoms with Gasteiger partial charge in [0.2, 0.25) is 0 Å². The van der Waals surface area contributed by atoms with E-state index in [1.807, 2.05) is 57.2 Å². The molecule has 0 heterocycles. The molecule has 196 valence electrons. The van der Waals surface area contributed by atoms with E-state index in [4.69, 9.17) is 32.7 Å². The van der Waals surface area contributed by atoms with Crippen LogP contribution in [0.3, 0.4) is 0 Å². The number of hydrogen-bond acceptors (Lipinski definition) is 5. The van der Waals surface area contributed by atoms with Crippen molar-refractivity contribution in [3.05, 3.63) is 70.2 Å². The lowest BCUT2D eigenvalue weighted by Gasteiger charge is -2.22. The van der Waals surface area contributed by atoms with Crippen LogP contribution in [0.5, 0.6) is 11.5 Å². The number of nitrogens with zero attached hydrogens (tertiary/aromatic N) is 1. The van der Waals surface area contributed by atoms with Crippen molar-refractivity contribution in [1.82, 2.24) is 10.7 Å². The third kappa shape index (κ3) is 7.84. The van der Waals surface area contributed by atoms with Gasteiger partial charge >= 0.3 is 0 Å². The van der Waals surface area contributed by atoms with E-state index >= 15 is 0 Å². The summed E-state index contributed by atoms with van der Waals surface area (Å²) in [5.74, 6) is 0.239. The van der Waals surface area contributed by atoms with E-state index in [1.54, 1.807) is 25.3 Å². The maximum atomic E-state index is 13.0. The van der Waals surface area contributed by atoms with Crippen LogP contribution >= 0.6 is 23.2 Å². The molecule has 0 aromatic heterocycles. The molecule has 0 radical (unpaired) electrons. The number of hydrazone groups is 1. The first-order valence-electron chi connectivity index (χ1n) is 12.1. The van der Waals surface area contributed by atoms with E-state index in [9.17, 15) is 9.59 Å². The van der Waals surface area contributed by atoms with Crippen molar-refractivity contribution in [3.63, 3.8) is 0 Å². The summed E-state index contributed by atoms with van der Waals surface area (Å²) >= 11 is 12.1. The van der Waals surface area contributed by atoms with Crippen molar-refractivity contribution in [3.8, 4) is 11.5 Å². The average Bonchev–Trinajstić information content (AvgIpc) is 2.86. The van der Waals surface area contributed by atoms with Gasteiger partial charge in [-0.15, -0.1) is 0 Å². The van der Waals surface area contributed by atoms with Crippen molar-refractivity contribution < 1.29 is 19.1 Å². The SMILES string of the molecule is CCOc1ccc2ccccc2c1/C=N\NC(=O)[C@@H](CC(C)C)NC(=O)[C@@H](C)Oc1ccc(Cl)cc1Cl. The Labute approximate surface area is 227 Å². The van der Waals surface area contributed by atoms with Crippen LogP contribution in [0.25, 0.3) is 10.8 Å². The molecule has 3 aromatic rings. The van der Waals surface area contributed by atoms with Gasteiger partial charge in [-0.3, -0.25) is 9.59 Å². The van der Waals surface area contributed by atoms with Crippen LogP contribution in [0.2, 0.25) is 10.0 Å². The van der Waals surface area contributed by atoms with Crippen LogP contribution < -0.4 is 20.2 Å². The van der Waals surface area contributed by atoms with Crippen molar-refractivity contribution in [2.24, 2.45) is 11.0 Å². The minimum atomic E-state index is -0.894. The Morgan fingerprint density at radius 3 is 2.43 bits per heavy atom. The van der Waals surface area contributed by atoms with E-state index in [0.29, 0.717) is 29.5 Å². The Hall–Kier alpha value is -3.29. The second-order valence-corrected chi connectivity index (χ2v) is 9.73. The summed E-state index contributed by atoms with van der Waals surface area (Å²) in [5, 5.41) is 9.67. The number of benzene rings is 3. The molecule has 2 amide bonds. The molecule has 0 spiro atoms. The summed E-state index contributed by atoms with van der Waals surface area (Å²) < 4.78 is 11.4. The minimum Gasteiger partial charge on any atom is -0.493 e. The molecule has 0 fully saturated rings. The summed E-state index contributed by atoms with van der Waals surface area (Å²) in [6.45, 7) is 7.91. The lowest BCUT2D eigenvalue weighted by molar-refractivity contribution is -0.132. The van der Waals surface area contributed by atoms with E-state index in [0.717, 1.165) is 16.3 Å². The molecule has 7 nitrogen and oxygen atoms in total. The highest BCUT2D eigenvalue weighted by atomic mass is 35.5. The summed E-state index contributed by atoms with van der Waals surface area (Å²) in [6.07, 6.45) is 1.09. The number of carbonyl (C=O) groups is 2. The van der Waals surface area contributed by atoms with Crippen LogP contribution in [-0.2, 0) is 9.59 Å². The molecule has 0 aliphatic rings. The largest absolute Gasteiger partial charge is 0.493 e. The van der Waals surface area contributed by atoms with Gasteiger partial charge in [0.05, 0.1) is 17.8 Å². The maximum absolute atomic E-state index is 13.0. The number of hydrogen-bond donors (Lipinski definition) is 2. The zero-order chi connectivity index (χ0) is 26.9. The van der Waals surface area contributed by atoms with Gasteiger partial charge in [-0.1, -0.05) is 67.4 Å². The molecule has 3 aromatic carbocycles. The van der Waals surface area contributed by atoms with E-state index in [2.05, 4.69) is 15.8 Å². The molecule has 0 aliphatic heterocycles. The highest BCUT2D eigenvalue weighted by molar-refractivity contribution is 6.35. The molecule has 0 saturated carbocycles. The second-order valence-electron chi connectivity index (χ2n) is 8.89. The fourth-order valence-electron chi connectivity index (χ4n) is 3.74. The van der Waals surface area contributed by atoms with Gasteiger partial charge in [0.1, 0.15) is 17.5 Å². The third-order valence-corrected chi connectivity index (χ3v) is 6.04. The van der Waals surface area contributed by atoms with Gasteiger partial charge in [-0.25, -0.2) is 5.43 Å². The van der Waals surface area contributed by atoms with Crippen LogP contribution in [0.4, 0.5) is 0 Å². The lowest BCUT2D eigenvalue weighted by Crippen LogP contribution is -2.49. The van der Waals surface area contributed by atoms with Crippen molar-refractivity contribution in [2.75, 3.05) is 6.61 Å². The van der Waals surface area contributed by atoms with Gasteiger partial charge in [-0.05, 0) is 61.2 Å². The summed E-state index contributed by atoms with van der Waals surface area (Å²) in [5.41, 5.74) is 3.32. The quantitative estimate of drug-likeness (QED) is 0.229. The van der Waals surface area contributed by atoms with Crippen molar-refractivity contribution >= 4 is 52.0 Å². The summed E-state index contributed by atoms with van der Waals surface area (Å²) in [7, 11) is 0. The molecule has 0 saturated heterocycles. The number of rotatable bonds is 11. The number of fused-ring (bicyclic) bond motifs is 1. The molecule has 0 unspecified atom stereocenters. The number of halogens is 2. The highest BCUT2D eigenvalue weighted by Crippen LogP contribution is 2.29. The number of carbonyl (C=O) groups excluding carboxylic acids is 2. The molecular weight excluding hydrogens is 513 g/mol. The van der Waals surface area contributed by atoms with Gasteiger partial charge < -0.3 is 14.8 Å². The lowest BCUT2D eigenvalue weighted by atomic mass is 10.0. The molecule has 0 aliphatic carbocycles. The molecule has 2 atom stereocenters. The Bertz CT molecular complexity index is 1280. The predicted octanol–water partition coefficient (Wildman–Crippen LogP) is 5.99. The van der Waals surface area contributed by atoms with E-state index in [1.165, 1.54) is 6.07 Å². The van der Waals surface area contributed by atoms with Crippen LogP contribution in [-0.4, -0.2) is 36.8 Å². The first-order chi connectivity index (χ1) is 17.7. The Balaban J connectivity index is 1.71.